The molecule has 1 fully saturated rings. The average Bonchev–Trinajstić information content (AvgIpc) is 2.53. The molecule has 1 aromatic rings. The van der Waals surface area contributed by atoms with E-state index in [0.717, 1.165) is 0 Å². The van der Waals surface area contributed by atoms with E-state index in [1.807, 2.05) is 18.5 Å². The molecule has 1 aromatic heterocycles. The third-order valence-electron chi connectivity index (χ3n) is 2.59. The van der Waals surface area contributed by atoms with E-state index >= 15 is 0 Å². The van der Waals surface area contributed by atoms with Crippen molar-refractivity contribution >= 4 is 0 Å². The van der Waals surface area contributed by atoms with Crippen molar-refractivity contribution in [1.82, 2.24) is 22.2 Å². The van der Waals surface area contributed by atoms with Crippen molar-refractivity contribution in [2.24, 2.45) is 0 Å². The van der Waals surface area contributed by atoms with E-state index < -0.39 is 0 Å². The van der Waals surface area contributed by atoms with E-state index in [0.29, 0.717) is 6.04 Å². The number of hydrogen-bond acceptors (Lipinski definition) is 2. The maximum absolute atomic E-state index is 4.14. The third kappa shape index (κ3) is 2.51. The van der Waals surface area contributed by atoms with Gasteiger partial charge in [-0.05, 0) is 38.1 Å². The van der Waals surface area contributed by atoms with Crippen molar-refractivity contribution in [3.63, 3.8) is 0 Å². The van der Waals surface area contributed by atoms with Crippen LogP contribution in [0.25, 0.3) is 0 Å². The molecule has 1 saturated heterocycles. The van der Waals surface area contributed by atoms with Crippen LogP contribution in [0.4, 0.5) is 0 Å². The molecule has 0 N–H and O–H groups in total. The lowest BCUT2D eigenvalue weighted by Crippen LogP contribution is -2.17. The molecule has 0 spiro atoms. The van der Waals surface area contributed by atoms with Crippen molar-refractivity contribution in [1.29, 1.82) is 0 Å². The molecule has 14 heavy (non-hydrogen) atoms. The number of rotatable bonds is 1. The van der Waals surface area contributed by atoms with Gasteiger partial charge in [-0.3, -0.25) is 9.88 Å². The third-order valence-corrected chi connectivity index (χ3v) is 2.59. The van der Waals surface area contributed by atoms with Crippen LogP contribution in [0.2, 0.25) is 0 Å². The summed E-state index contributed by atoms with van der Waals surface area (Å²) in [5.41, 5.74) is 1.36. The maximum Gasteiger partial charge on any atom is 0.0360 e. The number of likely N-dealkylation sites (tertiary alicyclic amines) is 1. The van der Waals surface area contributed by atoms with Gasteiger partial charge in [-0.25, -0.2) is 0 Å². The molecule has 0 bridgehead atoms. The van der Waals surface area contributed by atoms with Gasteiger partial charge in [0, 0.05) is 30.7 Å². The molecule has 4 heteroatoms. The molecule has 0 aromatic carbocycles. The smallest absolute Gasteiger partial charge is 0.0360 e. The lowest BCUT2D eigenvalue weighted by Gasteiger charge is -2.18. The molecule has 0 aliphatic carbocycles. The summed E-state index contributed by atoms with van der Waals surface area (Å²) in [5.74, 6) is 0. The van der Waals surface area contributed by atoms with Crippen molar-refractivity contribution in [2.75, 3.05) is 13.6 Å². The van der Waals surface area contributed by atoms with Crippen LogP contribution in [0.15, 0.2) is 24.5 Å². The number of aromatic nitrogens is 1. The molecule has 1 unspecified atom stereocenters. The first-order valence-corrected chi connectivity index (χ1v) is 4.48. The SMILES string of the molecule is CN1CCCC1c1cccnc1.[N].[N]. The topological polar surface area (TPSA) is 77.1 Å². The summed E-state index contributed by atoms with van der Waals surface area (Å²) < 4.78 is 0. The predicted octanol–water partition coefficient (Wildman–Crippen LogP) is 0.887. The van der Waals surface area contributed by atoms with E-state index in [2.05, 4.69) is 23.0 Å². The number of hydrogen-bond donors (Lipinski definition) is 0. The zero-order valence-electron chi connectivity index (χ0n) is 8.30. The highest BCUT2D eigenvalue weighted by molar-refractivity contribution is 5.14. The first kappa shape index (κ1) is 13.0. The predicted molar refractivity (Wildman–Crippen MR) is 53.1 cm³/mol. The van der Waals surface area contributed by atoms with Gasteiger partial charge in [0.05, 0.1) is 0 Å². The van der Waals surface area contributed by atoms with Gasteiger partial charge in [0.25, 0.3) is 0 Å². The van der Waals surface area contributed by atoms with Crippen LogP contribution in [0.1, 0.15) is 24.4 Å². The van der Waals surface area contributed by atoms with Crippen LogP contribution in [0.3, 0.4) is 0 Å². The second-order valence-electron chi connectivity index (χ2n) is 3.42. The summed E-state index contributed by atoms with van der Waals surface area (Å²) >= 11 is 0. The van der Waals surface area contributed by atoms with Crippen molar-refractivity contribution < 1.29 is 0 Å². The Morgan fingerprint density at radius 3 is 2.71 bits per heavy atom. The maximum atomic E-state index is 4.14. The van der Waals surface area contributed by atoms with Crippen LogP contribution in [0, 0.1) is 0 Å². The zero-order chi connectivity index (χ0) is 8.39. The summed E-state index contributed by atoms with van der Waals surface area (Å²) in [6.45, 7) is 1.22. The quantitative estimate of drug-likeness (QED) is 0.659. The van der Waals surface area contributed by atoms with Gasteiger partial charge in [-0.1, -0.05) is 6.07 Å². The number of pyridine rings is 1. The summed E-state index contributed by atoms with van der Waals surface area (Å²) in [6.07, 6.45) is 6.41. The van der Waals surface area contributed by atoms with Crippen LogP contribution in [0.5, 0.6) is 0 Å². The Bertz CT molecular complexity index is 250. The Morgan fingerprint density at radius 1 is 1.43 bits per heavy atom. The summed E-state index contributed by atoms with van der Waals surface area (Å²) in [4.78, 5) is 6.54. The molecule has 4 nitrogen and oxygen atoms in total. The average molecular weight is 190 g/mol. The van der Waals surface area contributed by atoms with E-state index in [4.69, 9.17) is 0 Å². The minimum absolute atomic E-state index is 0. The Kier molecular flexibility index (Phi) is 5.30. The van der Waals surface area contributed by atoms with Gasteiger partial charge in [-0.15, -0.1) is 0 Å². The summed E-state index contributed by atoms with van der Waals surface area (Å²) in [6, 6.07) is 4.79. The molecular formula is C10H14N4. The van der Waals surface area contributed by atoms with Gasteiger partial charge in [0.15, 0.2) is 0 Å². The van der Waals surface area contributed by atoms with Gasteiger partial charge in [0.1, 0.15) is 0 Å². The van der Waals surface area contributed by atoms with Crippen LogP contribution < -0.4 is 12.3 Å². The molecule has 74 valence electrons. The molecule has 1 aliphatic rings. The van der Waals surface area contributed by atoms with Crippen LogP contribution in [-0.4, -0.2) is 23.5 Å². The molecule has 1 atom stereocenters. The molecule has 1 aliphatic heterocycles. The van der Waals surface area contributed by atoms with E-state index in [9.17, 15) is 0 Å². The minimum Gasteiger partial charge on any atom is -0.299 e. The van der Waals surface area contributed by atoms with Gasteiger partial charge in [-0.2, -0.15) is 0 Å². The molecule has 6 radical (unpaired) electrons. The zero-order valence-corrected chi connectivity index (χ0v) is 8.30. The van der Waals surface area contributed by atoms with Crippen molar-refractivity contribution in [2.45, 2.75) is 18.9 Å². The number of nitrogens with zero attached hydrogens (tertiary/aromatic N) is 4. The molecule has 2 heterocycles. The fourth-order valence-corrected chi connectivity index (χ4v) is 1.90. The monoisotopic (exact) mass is 190 g/mol. The molecular weight excluding hydrogens is 176 g/mol. The lowest BCUT2D eigenvalue weighted by atomic mass is 10.1. The lowest BCUT2D eigenvalue weighted by molar-refractivity contribution is 0.317. The highest BCUT2D eigenvalue weighted by Gasteiger charge is 2.21. The molecule has 0 saturated carbocycles. The second-order valence-corrected chi connectivity index (χ2v) is 3.42. The van der Waals surface area contributed by atoms with Crippen molar-refractivity contribution in [3.8, 4) is 0 Å². The first-order valence-electron chi connectivity index (χ1n) is 4.48. The highest BCUT2D eigenvalue weighted by atomic mass is 15.1. The minimum atomic E-state index is 0. The van der Waals surface area contributed by atoms with Crippen LogP contribution in [-0.2, 0) is 0 Å². The summed E-state index contributed by atoms with van der Waals surface area (Å²) in [5, 5.41) is 0. The standard InChI is InChI=1S/C10H14N2.2N/c1-12-7-3-5-10(12)9-4-2-6-11-8-9;;/h2,4,6,8,10H,3,5,7H2,1H3;;. The largest absolute Gasteiger partial charge is 0.299 e. The van der Waals surface area contributed by atoms with Gasteiger partial charge < -0.3 is 0 Å². The fourth-order valence-electron chi connectivity index (χ4n) is 1.90. The molecule has 0 amide bonds. The Labute approximate surface area is 85.5 Å². The summed E-state index contributed by atoms with van der Waals surface area (Å²) in [7, 11) is 2.19. The normalized spacial score (nSPS) is 21.1. The Balaban J connectivity index is 0.000000845. The van der Waals surface area contributed by atoms with Gasteiger partial charge >= 0.3 is 0 Å². The Morgan fingerprint density at radius 2 is 2.21 bits per heavy atom. The van der Waals surface area contributed by atoms with E-state index in [-0.39, 0.29) is 12.3 Å². The fraction of sp³-hybridized carbons (Fsp3) is 0.500. The second kappa shape index (κ2) is 5.70. The first-order chi connectivity index (χ1) is 5.88. The Hall–Kier alpha value is -0.970. The molecule has 2 rings (SSSR count). The van der Waals surface area contributed by atoms with Crippen molar-refractivity contribution in [3.05, 3.63) is 30.1 Å². The van der Waals surface area contributed by atoms with Gasteiger partial charge in [0.2, 0.25) is 0 Å². The van der Waals surface area contributed by atoms with E-state index in [1.54, 1.807) is 0 Å². The van der Waals surface area contributed by atoms with E-state index in [1.165, 1.54) is 24.9 Å². The van der Waals surface area contributed by atoms with Crippen LogP contribution >= 0.6 is 0 Å². The highest BCUT2D eigenvalue weighted by Crippen LogP contribution is 2.29.